The fourth-order valence-electron chi connectivity index (χ4n) is 1.59. The molecule has 0 bridgehead atoms. The number of aryl methyl sites for hydroxylation is 1. The van der Waals surface area contributed by atoms with Crippen molar-refractivity contribution in [3.05, 3.63) is 60.2 Å². The van der Waals surface area contributed by atoms with Gasteiger partial charge in [-0.1, -0.05) is 42.5 Å². The lowest BCUT2D eigenvalue weighted by Gasteiger charge is -2.08. The molecule has 0 atom stereocenters. The van der Waals surface area contributed by atoms with Crippen molar-refractivity contribution in [3.8, 4) is 0 Å². The maximum Gasteiger partial charge on any atom is 0.307 e. The van der Waals surface area contributed by atoms with Gasteiger partial charge in [0.25, 0.3) is 0 Å². The molecule has 2 rings (SSSR count). The Morgan fingerprint density at radius 3 is 2.50 bits per heavy atom. The molecule has 1 aromatic carbocycles. The highest BCUT2D eigenvalue weighted by molar-refractivity contribution is 5.70. The fourth-order valence-corrected chi connectivity index (χ4v) is 1.59. The molecule has 2 heteroatoms. The molecule has 1 aliphatic carbocycles. The summed E-state index contributed by atoms with van der Waals surface area (Å²) < 4.78 is 5.22. The number of rotatable bonds is 4. The molecule has 1 aromatic rings. The first-order valence-corrected chi connectivity index (χ1v) is 5.43. The molecule has 0 fully saturated rings. The first kappa shape index (κ1) is 10.7. The summed E-state index contributed by atoms with van der Waals surface area (Å²) in [6.45, 7) is 0. The van der Waals surface area contributed by atoms with Crippen molar-refractivity contribution in [2.45, 2.75) is 18.9 Å². The highest BCUT2D eigenvalue weighted by Gasteiger charge is 2.10. The second kappa shape index (κ2) is 5.31. The van der Waals surface area contributed by atoms with Crippen LogP contribution in [0.3, 0.4) is 0 Å². The van der Waals surface area contributed by atoms with Gasteiger partial charge in [-0.3, -0.25) is 4.79 Å². The first-order chi connectivity index (χ1) is 7.84. The van der Waals surface area contributed by atoms with Crippen LogP contribution in [0.4, 0.5) is 0 Å². The van der Waals surface area contributed by atoms with Gasteiger partial charge in [-0.15, -0.1) is 0 Å². The number of carbonyl (C=O) groups is 1. The predicted octanol–water partition coefficient (Wildman–Crippen LogP) is 2.66. The molecule has 0 saturated heterocycles. The number of allylic oxidation sites excluding steroid dienone is 2. The Labute approximate surface area is 95.2 Å². The second-order valence-corrected chi connectivity index (χ2v) is 3.71. The zero-order chi connectivity index (χ0) is 11.2. The van der Waals surface area contributed by atoms with Crippen LogP contribution in [0.5, 0.6) is 0 Å². The summed E-state index contributed by atoms with van der Waals surface area (Å²) in [4.78, 5) is 11.5. The second-order valence-electron chi connectivity index (χ2n) is 3.71. The lowest BCUT2D eigenvalue weighted by molar-refractivity contribution is -0.144. The molecule has 82 valence electrons. The van der Waals surface area contributed by atoms with Crippen molar-refractivity contribution in [2.75, 3.05) is 0 Å². The van der Waals surface area contributed by atoms with E-state index in [9.17, 15) is 4.79 Å². The quantitative estimate of drug-likeness (QED) is 0.720. The normalized spacial score (nSPS) is 14.2. The summed E-state index contributed by atoms with van der Waals surface area (Å²) in [5.41, 5.74) is 1.16. The Morgan fingerprint density at radius 2 is 1.81 bits per heavy atom. The summed E-state index contributed by atoms with van der Waals surface area (Å²) in [5, 5.41) is 0. The molecule has 2 nitrogen and oxygen atoms in total. The van der Waals surface area contributed by atoms with Crippen molar-refractivity contribution in [2.24, 2.45) is 0 Å². The van der Waals surface area contributed by atoms with Crippen LogP contribution in [0.15, 0.2) is 54.6 Å². The van der Waals surface area contributed by atoms with Gasteiger partial charge in [0, 0.05) is 6.42 Å². The van der Waals surface area contributed by atoms with E-state index in [0.717, 1.165) is 12.0 Å². The van der Waals surface area contributed by atoms with Crippen LogP contribution < -0.4 is 0 Å². The zero-order valence-corrected chi connectivity index (χ0v) is 9.00. The van der Waals surface area contributed by atoms with Crippen LogP contribution in [-0.2, 0) is 16.0 Å². The third-order valence-electron chi connectivity index (χ3n) is 2.44. The van der Waals surface area contributed by atoms with Crippen molar-refractivity contribution < 1.29 is 9.53 Å². The monoisotopic (exact) mass is 214 g/mol. The Kier molecular flexibility index (Phi) is 3.54. The predicted molar refractivity (Wildman–Crippen MR) is 62.9 cm³/mol. The van der Waals surface area contributed by atoms with Gasteiger partial charge in [-0.25, -0.2) is 0 Å². The van der Waals surface area contributed by atoms with E-state index in [-0.39, 0.29) is 12.1 Å². The number of hydrogen-bond donors (Lipinski definition) is 0. The largest absolute Gasteiger partial charge is 0.454 e. The maximum atomic E-state index is 11.5. The summed E-state index contributed by atoms with van der Waals surface area (Å²) in [5.74, 6) is -0.148. The number of ether oxygens (including phenoxy) is 1. The van der Waals surface area contributed by atoms with Crippen LogP contribution in [0.25, 0.3) is 0 Å². The summed E-state index contributed by atoms with van der Waals surface area (Å²) in [6.07, 6.45) is 8.50. The van der Waals surface area contributed by atoms with E-state index in [2.05, 4.69) is 0 Å². The van der Waals surface area contributed by atoms with Crippen molar-refractivity contribution in [1.82, 2.24) is 0 Å². The molecule has 0 amide bonds. The van der Waals surface area contributed by atoms with E-state index in [1.54, 1.807) is 0 Å². The Hall–Kier alpha value is -1.83. The van der Waals surface area contributed by atoms with Gasteiger partial charge in [-0.2, -0.15) is 0 Å². The molecule has 0 radical (unpaired) electrons. The highest BCUT2D eigenvalue weighted by Crippen LogP contribution is 2.08. The van der Waals surface area contributed by atoms with Crippen molar-refractivity contribution in [3.63, 3.8) is 0 Å². The minimum Gasteiger partial charge on any atom is -0.454 e. The molecule has 0 aliphatic heterocycles. The van der Waals surface area contributed by atoms with E-state index in [1.165, 1.54) is 0 Å². The van der Waals surface area contributed by atoms with Gasteiger partial charge >= 0.3 is 5.97 Å². The molecule has 0 saturated carbocycles. The molecule has 0 spiro atoms. The summed E-state index contributed by atoms with van der Waals surface area (Å²) in [7, 11) is 0. The average Bonchev–Trinajstić information content (AvgIpc) is 2.81. The van der Waals surface area contributed by atoms with E-state index in [1.807, 2.05) is 54.6 Å². The zero-order valence-electron chi connectivity index (χ0n) is 9.00. The molecule has 0 unspecified atom stereocenters. The van der Waals surface area contributed by atoms with Gasteiger partial charge in [-0.05, 0) is 24.1 Å². The standard InChI is InChI=1S/C14H14O2/c15-14(16-13-8-4-5-9-13)11-10-12-6-2-1-3-7-12/h1-9,13H,10-11H2. The van der Waals surface area contributed by atoms with Crippen LogP contribution in [0.1, 0.15) is 12.0 Å². The van der Waals surface area contributed by atoms with Crippen molar-refractivity contribution in [1.29, 1.82) is 0 Å². The molecule has 0 heterocycles. The fraction of sp³-hybridized carbons (Fsp3) is 0.214. The SMILES string of the molecule is O=C(CCc1ccccc1)OC1C=CC=C1. The van der Waals surface area contributed by atoms with Gasteiger partial charge in [0.15, 0.2) is 0 Å². The molecule has 0 aromatic heterocycles. The van der Waals surface area contributed by atoms with Crippen LogP contribution in [-0.4, -0.2) is 12.1 Å². The number of esters is 1. The van der Waals surface area contributed by atoms with Gasteiger partial charge in [0.2, 0.25) is 0 Å². The lowest BCUT2D eigenvalue weighted by Crippen LogP contribution is -2.13. The Morgan fingerprint density at radius 1 is 1.12 bits per heavy atom. The molecule has 16 heavy (non-hydrogen) atoms. The van der Waals surface area contributed by atoms with Gasteiger partial charge < -0.3 is 4.74 Å². The van der Waals surface area contributed by atoms with E-state index >= 15 is 0 Å². The number of benzene rings is 1. The maximum absolute atomic E-state index is 11.5. The minimum atomic E-state index is -0.164. The Bertz CT molecular complexity index is 392. The van der Waals surface area contributed by atoms with Crippen LogP contribution in [0, 0.1) is 0 Å². The molecule has 1 aliphatic rings. The summed E-state index contributed by atoms with van der Waals surface area (Å²) in [6, 6.07) is 9.95. The van der Waals surface area contributed by atoms with Crippen LogP contribution in [0.2, 0.25) is 0 Å². The lowest BCUT2D eigenvalue weighted by atomic mass is 10.1. The van der Waals surface area contributed by atoms with E-state index < -0.39 is 0 Å². The third kappa shape index (κ3) is 3.09. The average molecular weight is 214 g/mol. The topological polar surface area (TPSA) is 26.3 Å². The Balaban J connectivity index is 1.76. The third-order valence-corrected chi connectivity index (χ3v) is 2.44. The highest BCUT2D eigenvalue weighted by atomic mass is 16.5. The van der Waals surface area contributed by atoms with E-state index in [0.29, 0.717) is 6.42 Å². The molecular formula is C14H14O2. The van der Waals surface area contributed by atoms with Crippen LogP contribution >= 0.6 is 0 Å². The summed E-state index contributed by atoms with van der Waals surface area (Å²) >= 11 is 0. The molecule has 0 N–H and O–H groups in total. The molecular weight excluding hydrogens is 200 g/mol. The number of hydrogen-bond acceptors (Lipinski definition) is 2. The smallest absolute Gasteiger partial charge is 0.307 e. The first-order valence-electron chi connectivity index (χ1n) is 5.43. The van der Waals surface area contributed by atoms with E-state index in [4.69, 9.17) is 4.74 Å². The van der Waals surface area contributed by atoms with Gasteiger partial charge in [0.05, 0.1) is 0 Å². The minimum absolute atomic E-state index is 0.148. The van der Waals surface area contributed by atoms with Gasteiger partial charge in [0.1, 0.15) is 6.10 Å². The number of carbonyl (C=O) groups excluding carboxylic acids is 1. The van der Waals surface area contributed by atoms with Crippen molar-refractivity contribution >= 4 is 5.97 Å².